The quantitative estimate of drug-likeness (QED) is 0.147. The van der Waals surface area contributed by atoms with Crippen LogP contribution in [0, 0.1) is 11.7 Å². The molecule has 3 aromatic carbocycles. The molecule has 40 heavy (non-hydrogen) atoms. The van der Waals surface area contributed by atoms with E-state index in [1.54, 1.807) is 32.0 Å². The first kappa shape index (κ1) is 30.4. The van der Waals surface area contributed by atoms with Gasteiger partial charge in [0.15, 0.2) is 5.78 Å². The van der Waals surface area contributed by atoms with Crippen molar-refractivity contribution in [2.24, 2.45) is 5.92 Å². The molecule has 1 aliphatic carbocycles. The fraction of sp³-hybridized carbons (Fsp3) is 0.207. The van der Waals surface area contributed by atoms with Crippen LogP contribution < -0.4 is 10.6 Å². The molecule has 4 rings (SSSR count). The number of hydrogen-bond donors (Lipinski definition) is 2. The number of ketones is 1. The van der Waals surface area contributed by atoms with Gasteiger partial charge in [0, 0.05) is 45.4 Å². The zero-order valence-electron chi connectivity index (χ0n) is 21.1. The highest BCUT2D eigenvalue weighted by atomic mass is 35.5. The summed E-state index contributed by atoms with van der Waals surface area (Å²) in [6, 6.07) is 13.3. The van der Waals surface area contributed by atoms with Crippen LogP contribution in [0.25, 0.3) is 0 Å². The third-order valence-corrected chi connectivity index (χ3v) is 7.91. The normalized spacial score (nSPS) is 17.1. The summed E-state index contributed by atoms with van der Waals surface area (Å²) < 4.78 is 13.4. The number of benzene rings is 3. The van der Waals surface area contributed by atoms with E-state index in [1.165, 1.54) is 36.4 Å². The van der Waals surface area contributed by atoms with Gasteiger partial charge in [-0.25, -0.2) is 4.39 Å². The molecule has 11 heteroatoms. The first-order valence-electron chi connectivity index (χ1n) is 12.0. The smallest absolute Gasteiger partial charge is 0.248 e. The molecule has 0 aliphatic heterocycles. The highest BCUT2D eigenvalue weighted by Gasteiger charge is 2.67. The third-order valence-electron chi connectivity index (χ3n) is 6.21. The second kappa shape index (κ2) is 12.1. The molecule has 0 saturated heterocycles. The Kier molecular flexibility index (Phi) is 9.18. The Labute approximate surface area is 255 Å². The van der Waals surface area contributed by atoms with Crippen molar-refractivity contribution in [2.75, 3.05) is 10.6 Å². The van der Waals surface area contributed by atoms with Crippen molar-refractivity contribution in [3.63, 3.8) is 0 Å². The summed E-state index contributed by atoms with van der Waals surface area (Å²) >= 11 is 31.3. The summed E-state index contributed by atoms with van der Waals surface area (Å²) in [4.78, 5) is 38.0. The van der Waals surface area contributed by atoms with Gasteiger partial charge in [0.05, 0.1) is 10.9 Å². The highest BCUT2D eigenvalue weighted by Crippen LogP contribution is 2.65. The van der Waals surface area contributed by atoms with Crippen molar-refractivity contribution in [1.29, 1.82) is 0 Å². The summed E-state index contributed by atoms with van der Waals surface area (Å²) in [5.41, 5.74) is 2.17. The van der Waals surface area contributed by atoms with Gasteiger partial charge in [0.25, 0.3) is 0 Å². The molecular formula is C29H22Cl5FN2O3. The second-order valence-corrected chi connectivity index (χ2v) is 12.4. The molecule has 2 atom stereocenters. The van der Waals surface area contributed by atoms with Crippen molar-refractivity contribution in [3.05, 3.63) is 104 Å². The van der Waals surface area contributed by atoms with Crippen molar-refractivity contribution < 1.29 is 18.8 Å². The van der Waals surface area contributed by atoms with E-state index in [4.69, 9.17) is 58.0 Å². The molecule has 1 saturated carbocycles. The van der Waals surface area contributed by atoms with E-state index in [0.29, 0.717) is 15.6 Å². The topological polar surface area (TPSA) is 75.3 Å². The molecule has 0 spiro atoms. The predicted molar refractivity (Wildman–Crippen MR) is 160 cm³/mol. The molecule has 208 valence electrons. The van der Waals surface area contributed by atoms with Crippen LogP contribution in [0.4, 0.5) is 15.8 Å². The van der Waals surface area contributed by atoms with Crippen molar-refractivity contribution in [1.82, 2.24) is 0 Å². The number of carbonyl (C=O) groups excluding carboxylic acids is 3. The molecule has 2 N–H and O–H groups in total. The number of amides is 2. The van der Waals surface area contributed by atoms with Crippen molar-refractivity contribution >= 4 is 87.0 Å². The number of halogens is 6. The van der Waals surface area contributed by atoms with Gasteiger partial charge in [-0.3, -0.25) is 14.4 Å². The highest BCUT2D eigenvalue weighted by molar-refractivity contribution is 6.53. The van der Waals surface area contributed by atoms with Gasteiger partial charge >= 0.3 is 0 Å². The minimum atomic E-state index is -1.38. The van der Waals surface area contributed by atoms with Gasteiger partial charge in [0.1, 0.15) is 10.2 Å². The SMILES string of the molecule is CC(C)=CC(=O)Nc1ccc(CC(=O)c2cc(NC(=O)C3C(c4cc(Cl)cc(Cl)c4)C3(Cl)Cl)ccc2Cl)c(F)c1. The van der Waals surface area contributed by atoms with E-state index >= 15 is 0 Å². The van der Waals surface area contributed by atoms with Crippen LogP contribution in [0.3, 0.4) is 0 Å². The number of rotatable bonds is 8. The molecule has 0 bridgehead atoms. The Hall–Kier alpha value is -2.61. The van der Waals surface area contributed by atoms with Gasteiger partial charge in [-0.2, -0.15) is 0 Å². The average molecular weight is 643 g/mol. The van der Waals surface area contributed by atoms with E-state index in [0.717, 1.165) is 11.6 Å². The minimum Gasteiger partial charge on any atom is -0.326 e. The van der Waals surface area contributed by atoms with Gasteiger partial charge in [0.2, 0.25) is 11.8 Å². The summed E-state index contributed by atoms with van der Waals surface area (Å²) in [6.07, 6.45) is 1.09. The van der Waals surface area contributed by atoms with Gasteiger partial charge in [-0.1, -0.05) is 46.4 Å². The molecule has 0 heterocycles. The first-order valence-corrected chi connectivity index (χ1v) is 13.9. The Morgan fingerprint density at radius 2 is 1.52 bits per heavy atom. The first-order chi connectivity index (χ1) is 18.8. The number of alkyl halides is 2. The Bertz CT molecular complexity index is 1530. The van der Waals surface area contributed by atoms with Crippen molar-refractivity contribution in [3.8, 4) is 0 Å². The van der Waals surface area contributed by atoms with E-state index in [2.05, 4.69) is 10.6 Å². The van der Waals surface area contributed by atoms with Gasteiger partial charge in [-0.15, -0.1) is 23.2 Å². The maximum atomic E-state index is 14.7. The lowest BCUT2D eigenvalue weighted by atomic mass is 10.0. The molecule has 1 aliphatic rings. The lowest BCUT2D eigenvalue weighted by Crippen LogP contribution is -2.17. The summed E-state index contributed by atoms with van der Waals surface area (Å²) in [6.45, 7) is 3.53. The van der Waals surface area contributed by atoms with Crippen molar-refractivity contribution in [2.45, 2.75) is 30.5 Å². The fourth-order valence-corrected chi connectivity index (χ4v) is 5.93. The molecule has 0 aromatic heterocycles. The van der Waals surface area contributed by atoms with Crippen LogP contribution in [-0.4, -0.2) is 21.9 Å². The van der Waals surface area contributed by atoms with E-state index in [-0.39, 0.29) is 39.9 Å². The number of allylic oxidation sites excluding steroid dienone is 1. The lowest BCUT2D eigenvalue weighted by molar-refractivity contribution is -0.117. The number of Topliss-reactive ketones (excluding diaryl/α,β-unsaturated/α-hetero) is 1. The molecule has 3 aromatic rings. The summed E-state index contributed by atoms with van der Waals surface area (Å²) in [5.74, 6) is -3.33. The van der Waals surface area contributed by atoms with Crippen LogP contribution in [0.5, 0.6) is 0 Å². The second-order valence-electron chi connectivity index (χ2n) is 9.63. The zero-order chi connectivity index (χ0) is 29.4. The Balaban J connectivity index is 1.46. The van der Waals surface area contributed by atoms with Crippen LogP contribution >= 0.6 is 58.0 Å². The van der Waals surface area contributed by atoms with Crippen LogP contribution in [0.15, 0.2) is 66.2 Å². The van der Waals surface area contributed by atoms with Crippen LogP contribution in [0.2, 0.25) is 15.1 Å². The van der Waals surface area contributed by atoms with E-state index < -0.39 is 33.7 Å². The van der Waals surface area contributed by atoms with Crippen LogP contribution in [0.1, 0.15) is 41.3 Å². The standard InChI is InChI=1S/C29H22Cl5FN2O3/c1-14(2)7-25(39)36-20-4-3-15(23(35)13-20)10-24(38)21-12-19(5-6-22(21)32)37-28(40)27-26(29(27,33)34)16-8-17(30)11-18(31)9-16/h3-9,11-13,26-27H,10H2,1-2H3,(H,36,39)(H,37,40). The van der Waals surface area contributed by atoms with Gasteiger partial charge < -0.3 is 10.6 Å². The number of nitrogens with one attached hydrogen (secondary N) is 2. The molecular weight excluding hydrogens is 621 g/mol. The summed E-state index contributed by atoms with van der Waals surface area (Å²) in [5, 5.41) is 6.20. The number of anilines is 2. The molecule has 2 amide bonds. The fourth-order valence-electron chi connectivity index (χ4n) is 4.34. The Morgan fingerprint density at radius 3 is 2.15 bits per heavy atom. The summed E-state index contributed by atoms with van der Waals surface area (Å²) in [7, 11) is 0. The van der Waals surface area contributed by atoms with E-state index in [1.807, 2.05) is 0 Å². The van der Waals surface area contributed by atoms with E-state index in [9.17, 15) is 18.8 Å². The largest absolute Gasteiger partial charge is 0.326 e. The average Bonchev–Trinajstić information content (AvgIpc) is 3.42. The number of hydrogen-bond acceptors (Lipinski definition) is 3. The Morgan fingerprint density at radius 1 is 0.900 bits per heavy atom. The van der Waals surface area contributed by atoms with Crippen LogP contribution in [-0.2, 0) is 16.0 Å². The molecule has 0 radical (unpaired) electrons. The molecule has 5 nitrogen and oxygen atoms in total. The maximum absolute atomic E-state index is 14.7. The monoisotopic (exact) mass is 640 g/mol. The predicted octanol–water partition coefficient (Wildman–Crippen LogP) is 8.64. The maximum Gasteiger partial charge on any atom is 0.248 e. The van der Waals surface area contributed by atoms with Gasteiger partial charge in [-0.05, 0) is 73.5 Å². The number of carbonyl (C=O) groups is 3. The lowest BCUT2D eigenvalue weighted by Gasteiger charge is -2.10. The molecule has 1 fully saturated rings. The third kappa shape index (κ3) is 6.99. The minimum absolute atomic E-state index is 0.0942. The zero-order valence-corrected chi connectivity index (χ0v) is 24.9. The molecule has 2 unspecified atom stereocenters.